The van der Waals surface area contributed by atoms with Crippen molar-refractivity contribution in [1.29, 1.82) is 0 Å². The van der Waals surface area contributed by atoms with Gasteiger partial charge in [-0.05, 0) is 57.3 Å². The van der Waals surface area contributed by atoms with Crippen molar-refractivity contribution in [3.8, 4) is 5.75 Å². The number of ether oxygens (including phenoxy) is 1. The van der Waals surface area contributed by atoms with Crippen LogP contribution in [0.3, 0.4) is 0 Å². The Morgan fingerprint density at radius 1 is 1.24 bits per heavy atom. The summed E-state index contributed by atoms with van der Waals surface area (Å²) in [6, 6.07) is 7.69. The molecular formula is C15H20N4OS. The third-order valence-electron chi connectivity index (χ3n) is 3.07. The molecule has 0 aliphatic carbocycles. The zero-order valence-corrected chi connectivity index (χ0v) is 13.3. The zero-order chi connectivity index (χ0) is 15.2. The van der Waals surface area contributed by atoms with Crippen LogP contribution in [0, 0.1) is 6.92 Å². The molecule has 0 bridgehead atoms. The van der Waals surface area contributed by atoms with Gasteiger partial charge >= 0.3 is 0 Å². The van der Waals surface area contributed by atoms with Crippen molar-refractivity contribution in [2.45, 2.75) is 27.3 Å². The fourth-order valence-electron chi connectivity index (χ4n) is 1.97. The van der Waals surface area contributed by atoms with Crippen molar-refractivity contribution in [3.05, 3.63) is 36.2 Å². The molecule has 0 radical (unpaired) electrons. The average molecular weight is 304 g/mol. The topological polar surface area (TPSA) is 51.1 Å². The molecule has 6 heteroatoms. The van der Waals surface area contributed by atoms with Crippen molar-refractivity contribution in [2.24, 2.45) is 0 Å². The Labute approximate surface area is 130 Å². The standard InChI is InChI=1S/C15H20N4OS/c1-4-19-11(3)14(10-16-19)18-15(21)17-12-6-8-13(9-7-12)20-5-2/h6-10H,4-5H2,1-3H3,(H2,17,18,21). The molecule has 0 aliphatic rings. The van der Waals surface area contributed by atoms with Crippen LogP contribution in [0.4, 0.5) is 11.4 Å². The van der Waals surface area contributed by atoms with E-state index in [4.69, 9.17) is 17.0 Å². The lowest BCUT2D eigenvalue weighted by molar-refractivity contribution is 0.340. The normalized spacial score (nSPS) is 10.2. The van der Waals surface area contributed by atoms with Gasteiger partial charge in [0.15, 0.2) is 5.11 Å². The van der Waals surface area contributed by atoms with Crippen molar-refractivity contribution in [3.63, 3.8) is 0 Å². The minimum atomic E-state index is 0.540. The maximum atomic E-state index is 5.41. The molecule has 0 spiro atoms. The number of aryl methyl sites for hydroxylation is 1. The van der Waals surface area contributed by atoms with Crippen LogP contribution in [0.1, 0.15) is 19.5 Å². The average Bonchev–Trinajstić information content (AvgIpc) is 2.82. The van der Waals surface area contributed by atoms with E-state index in [9.17, 15) is 0 Å². The number of nitrogens with zero attached hydrogens (tertiary/aromatic N) is 2. The van der Waals surface area contributed by atoms with Crippen LogP contribution in [-0.2, 0) is 6.54 Å². The second kappa shape index (κ2) is 7.08. The predicted octanol–water partition coefficient (Wildman–Crippen LogP) is 3.42. The number of hydrogen-bond acceptors (Lipinski definition) is 3. The molecule has 21 heavy (non-hydrogen) atoms. The van der Waals surface area contributed by atoms with Gasteiger partial charge in [-0.1, -0.05) is 0 Å². The van der Waals surface area contributed by atoms with Crippen LogP contribution < -0.4 is 15.4 Å². The van der Waals surface area contributed by atoms with Crippen LogP contribution in [0.15, 0.2) is 30.5 Å². The molecule has 5 nitrogen and oxygen atoms in total. The Morgan fingerprint density at radius 2 is 1.95 bits per heavy atom. The molecule has 0 atom stereocenters. The van der Waals surface area contributed by atoms with Gasteiger partial charge in [0.1, 0.15) is 5.75 Å². The third-order valence-corrected chi connectivity index (χ3v) is 3.28. The van der Waals surface area contributed by atoms with E-state index < -0.39 is 0 Å². The first-order valence-electron chi connectivity index (χ1n) is 6.97. The number of thiocarbonyl (C=S) groups is 1. The van der Waals surface area contributed by atoms with Crippen LogP contribution in [-0.4, -0.2) is 21.5 Å². The minimum absolute atomic E-state index is 0.540. The zero-order valence-electron chi connectivity index (χ0n) is 12.5. The van der Waals surface area contributed by atoms with Gasteiger partial charge in [-0.2, -0.15) is 5.10 Å². The maximum Gasteiger partial charge on any atom is 0.175 e. The molecule has 0 saturated carbocycles. The molecule has 1 heterocycles. The van der Waals surface area contributed by atoms with Gasteiger partial charge in [0.25, 0.3) is 0 Å². The van der Waals surface area contributed by atoms with E-state index in [1.165, 1.54) is 0 Å². The molecule has 0 amide bonds. The van der Waals surface area contributed by atoms with Crippen LogP contribution in [0.25, 0.3) is 0 Å². The summed E-state index contributed by atoms with van der Waals surface area (Å²) in [5, 5.41) is 11.1. The van der Waals surface area contributed by atoms with Crippen molar-refractivity contribution >= 4 is 28.7 Å². The van der Waals surface area contributed by atoms with E-state index in [2.05, 4.69) is 22.7 Å². The Kier molecular flexibility index (Phi) is 5.16. The number of hydrogen-bond donors (Lipinski definition) is 2. The quantitative estimate of drug-likeness (QED) is 0.829. The highest BCUT2D eigenvalue weighted by atomic mass is 32.1. The third kappa shape index (κ3) is 3.95. The van der Waals surface area contributed by atoms with Crippen LogP contribution in [0.2, 0.25) is 0 Å². The lowest BCUT2D eigenvalue weighted by Crippen LogP contribution is -2.19. The largest absolute Gasteiger partial charge is 0.494 e. The van der Waals surface area contributed by atoms with Gasteiger partial charge in [-0.15, -0.1) is 0 Å². The number of benzene rings is 1. The van der Waals surface area contributed by atoms with Crippen molar-refractivity contribution in [1.82, 2.24) is 9.78 Å². The SMILES string of the molecule is CCOc1ccc(NC(=S)Nc2cnn(CC)c2C)cc1. The van der Waals surface area contributed by atoms with E-state index in [0.29, 0.717) is 11.7 Å². The summed E-state index contributed by atoms with van der Waals surface area (Å²) in [4.78, 5) is 0. The summed E-state index contributed by atoms with van der Waals surface area (Å²) < 4.78 is 7.32. The lowest BCUT2D eigenvalue weighted by atomic mass is 10.3. The number of nitrogens with one attached hydrogen (secondary N) is 2. The fourth-order valence-corrected chi connectivity index (χ4v) is 2.20. The molecule has 1 aromatic heterocycles. The summed E-state index contributed by atoms with van der Waals surface area (Å²) >= 11 is 5.32. The van der Waals surface area contributed by atoms with Gasteiger partial charge < -0.3 is 15.4 Å². The van der Waals surface area contributed by atoms with E-state index in [0.717, 1.165) is 29.4 Å². The molecule has 2 N–H and O–H groups in total. The summed E-state index contributed by atoms with van der Waals surface area (Å²) in [6.07, 6.45) is 1.78. The van der Waals surface area contributed by atoms with Gasteiger partial charge in [0.05, 0.1) is 24.2 Å². The molecular weight excluding hydrogens is 284 g/mol. The summed E-state index contributed by atoms with van der Waals surface area (Å²) in [5.74, 6) is 0.849. The first kappa shape index (κ1) is 15.3. The number of rotatable bonds is 5. The van der Waals surface area contributed by atoms with Crippen LogP contribution in [0.5, 0.6) is 5.75 Å². The molecule has 0 aliphatic heterocycles. The monoisotopic (exact) mass is 304 g/mol. The fraction of sp³-hybridized carbons (Fsp3) is 0.333. The predicted molar refractivity (Wildman–Crippen MR) is 90.1 cm³/mol. The highest BCUT2D eigenvalue weighted by molar-refractivity contribution is 7.80. The highest BCUT2D eigenvalue weighted by Crippen LogP contribution is 2.17. The first-order valence-corrected chi connectivity index (χ1v) is 7.38. The second-order valence-corrected chi connectivity index (χ2v) is 4.90. The molecule has 1 aromatic carbocycles. The van der Waals surface area contributed by atoms with E-state index in [1.54, 1.807) is 6.20 Å². The molecule has 112 valence electrons. The molecule has 2 rings (SSSR count). The smallest absolute Gasteiger partial charge is 0.175 e. The second-order valence-electron chi connectivity index (χ2n) is 4.50. The minimum Gasteiger partial charge on any atom is -0.494 e. The Balaban J connectivity index is 1.96. The Hall–Kier alpha value is -2.08. The molecule has 0 saturated heterocycles. The van der Waals surface area contributed by atoms with Gasteiger partial charge in [-0.3, -0.25) is 4.68 Å². The Bertz CT molecular complexity index is 607. The molecule has 2 aromatic rings. The van der Waals surface area contributed by atoms with Crippen LogP contribution >= 0.6 is 12.2 Å². The van der Waals surface area contributed by atoms with Gasteiger partial charge in [0, 0.05) is 12.2 Å². The van der Waals surface area contributed by atoms with E-state index in [1.807, 2.05) is 42.8 Å². The lowest BCUT2D eigenvalue weighted by Gasteiger charge is -2.11. The van der Waals surface area contributed by atoms with Crippen molar-refractivity contribution in [2.75, 3.05) is 17.2 Å². The molecule has 0 fully saturated rings. The molecule has 0 unspecified atom stereocenters. The number of aromatic nitrogens is 2. The van der Waals surface area contributed by atoms with Gasteiger partial charge in [-0.25, -0.2) is 0 Å². The summed E-state index contributed by atoms with van der Waals surface area (Å²) in [6.45, 7) is 7.53. The Morgan fingerprint density at radius 3 is 2.52 bits per heavy atom. The van der Waals surface area contributed by atoms with Crippen molar-refractivity contribution < 1.29 is 4.74 Å². The summed E-state index contributed by atoms with van der Waals surface area (Å²) in [7, 11) is 0. The first-order chi connectivity index (χ1) is 10.1. The summed E-state index contributed by atoms with van der Waals surface area (Å²) in [5.41, 5.74) is 2.89. The maximum absolute atomic E-state index is 5.41. The van der Waals surface area contributed by atoms with Gasteiger partial charge in [0.2, 0.25) is 0 Å². The highest BCUT2D eigenvalue weighted by Gasteiger charge is 2.06. The number of anilines is 2. The van der Waals surface area contributed by atoms with E-state index >= 15 is 0 Å². The van der Waals surface area contributed by atoms with E-state index in [-0.39, 0.29) is 0 Å².